The van der Waals surface area contributed by atoms with Crippen molar-refractivity contribution < 1.29 is 9.52 Å². The third kappa shape index (κ3) is 3.26. The summed E-state index contributed by atoms with van der Waals surface area (Å²) in [4.78, 5) is 15.1. The number of aliphatic hydroxyl groups excluding tert-OH is 1. The number of likely N-dealkylation sites (tertiary alicyclic amines) is 1. The molecular weight excluding hydrogens is 374 g/mol. The Morgan fingerprint density at radius 1 is 1.18 bits per heavy atom. The number of nitrogens with zero attached hydrogens (tertiary/aromatic N) is 1. The van der Waals surface area contributed by atoms with Gasteiger partial charge in [-0.05, 0) is 57.1 Å². The molecule has 2 unspecified atom stereocenters. The highest BCUT2D eigenvalue weighted by Crippen LogP contribution is 2.38. The molecule has 0 bridgehead atoms. The Morgan fingerprint density at radius 3 is 2.64 bits per heavy atom. The second kappa shape index (κ2) is 7.36. The van der Waals surface area contributed by atoms with Gasteiger partial charge in [-0.2, -0.15) is 0 Å². The first-order chi connectivity index (χ1) is 13.4. The van der Waals surface area contributed by atoms with E-state index in [0.29, 0.717) is 33.9 Å². The van der Waals surface area contributed by atoms with Gasteiger partial charge in [-0.25, -0.2) is 0 Å². The van der Waals surface area contributed by atoms with Crippen LogP contribution in [-0.2, 0) is 0 Å². The van der Waals surface area contributed by atoms with Crippen LogP contribution in [0.15, 0.2) is 45.6 Å². The number of aliphatic hydroxyl groups is 1. The molecule has 4 nitrogen and oxygen atoms in total. The third-order valence-corrected chi connectivity index (χ3v) is 6.07. The van der Waals surface area contributed by atoms with Crippen molar-refractivity contribution in [1.29, 1.82) is 0 Å². The van der Waals surface area contributed by atoms with Crippen molar-refractivity contribution in [2.24, 2.45) is 0 Å². The molecule has 1 aromatic heterocycles. The molecule has 4 rings (SSSR count). The molecule has 0 saturated carbocycles. The highest BCUT2D eigenvalue weighted by atomic mass is 35.5. The van der Waals surface area contributed by atoms with Crippen molar-refractivity contribution in [3.63, 3.8) is 0 Å². The molecule has 28 heavy (non-hydrogen) atoms. The maximum Gasteiger partial charge on any atom is 0.193 e. The smallest absolute Gasteiger partial charge is 0.193 e. The van der Waals surface area contributed by atoms with Crippen molar-refractivity contribution >= 4 is 22.6 Å². The summed E-state index contributed by atoms with van der Waals surface area (Å²) < 4.78 is 6.32. The molecule has 1 fully saturated rings. The largest absolute Gasteiger partial charge is 0.455 e. The Morgan fingerprint density at radius 2 is 1.93 bits per heavy atom. The Balaban J connectivity index is 2.00. The van der Waals surface area contributed by atoms with Gasteiger partial charge < -0.3 is 14.4 Å². The van der Waals surface area contributed by atoms with Crippen LogP contribution >= 0.6 is 11.6 Å². The van der Waals surface area contributed by atoms with Gasteiger partial charge >= 0.3 is 0 Å². The monoisotopic (exact) mass is 397 g/mol. The lowest BCUT2D eigenvalue weighted by atomic mass is 9.83. The molecule has 2 atom stereocenters. The molecule has 5 heteroatoms. The molecule has 0 radical (unpaired) electrons. The number of rotatable bonds is 2. The Hall–Kier alpha value is -2.14. The molecular formula is C23H24ClNO3. The van der Waals surface area contributed by atoms with E-state index in [4.69, 9.17) is 16.0 Å². The summed E-state index contributed by atoms with van der Waals surface area (Å²) in [7, 11) is 2.01. The minimum Gasteiger partial charge on any atom is -0.455 e. The molecule has 1 aliphatic rings. The van der Waals surface area contributed by atoms with Gasteiger partial charge in [0.05, 0.1) is 16.5 Å². The average Bonchev–Trinajstić information content (AvgIpc) is 2.63. The van der Waals surface area contributed by atoms with Gasteiger partial charge in [-0.15, -0.1) is 0 Å². The Labute approximate surface area is 169 Å². The van der Waals surface area contributed by atoms with E-state index in [1.807, 2.05) is 45.2 Å². The lowest BCUT2D eigenvalue weighted by Gasteiger charge is -2.35. The fourth-order valence-electron chi connectivity index (χ4n) is 4.39. The summed E-state index contributed by atoms with van der Waals surface area (Å²) in [6, 6.07) is 10.9. The van der Waals surface area contributed by atoms with Gasteiger partial charge in [0, 0.05) is 29.7 Å². The summed E-state index contributed by atoms with van der Waals surface area (Å²) in [5.41, 5.74) is 4.05. The van der Waals surface area contributed by atoms with Crippen LogP contribution in [0.5, 0.6) is 0 Å². The number of piperidine rings is 1. The van der Waals surface area contributed by atoms with E-state index in [1.165, 1.54) is 6.07 Å². The lowest BCUT2D eigenvalue weighted by Crippen LogP contribution is -2.40. The van der Waals surface area contributed by atoms with E-state index < -0.39 is 6.10 Å². The second-order valence-electron chi connectivity index (χ2n) is 7.81. The van der Waals surface area contributed by atoms with Crippen LogP contribution in [-0.4, -0.2) is 36.2 Å². The zero-order valence-electron chi connectivity index (χ0n) is 16.3. The Kier molecular flexibility index (Phi) is 5.04. The molecule has 146 valence electrons. The summed E-state index contributed by atoms with van der Waals surface area (Å²) in [6.45, 7) is 5.45. The van der Waals surface area contributed by atoms with Crippen molar-refractivity contribution in [2.75, 3.05) is 20.1 Å². The predicted octanol–water partition coefficient (Wildman–Crippen LogP) is 4.51. The molecule has 0 spiro atoms. The zero-order chi connectivity index (χ0) is 20.0. The first-order valence-electron chi connectivity index (χ1n) is 9.56. The minimum absolute atomic E-state index is 0.0658. The predicted molar refractivity (Wildman–Crippen MR) is 113 cm³/mol. The molecule has 1 aliphatic heterocycles. The first-order valence-corrected chi connectivity index (χ1v) is 9.94. The highest BCUT2D eigenvalue weighted by Gasteiger charge is 2.31. The number of likely N-dealkylation sites (N-methyl/N-ethyl adjacent to an activating group) is 1. The quantitative estimate of drug-likeness (QED) is 0.691. The van der Waals surface area contributed by atoms with Crippen molar-refractivity contribution in [3.05, 3.63) is 68.3 Å². The highest BCUT2D eigenvalue weighted by molar-refractivity contribution is 6.33. The van der Waals surface area contributed by atoms with Gasteiger partial charge in [0.25, 0.3) is 0 Å². The molecule has 1 N–H and O–H groups in total. The van der Waals surface area contributed by atoms with Crippen molar-refractivity contribution in [3.8, 4) is 11.3 Å². The molecule has 3 aromatic rings. The summed E-state index contributed by atoms with van der Waals surface area (Å²) >= 11 is 6.34. The SMILES string of the molecule is Cc1cc(C)c2c(=O)cc(-c3ccccc3Cl)oc2c1C1CCN(C)CC1O. The van der Waals surface area contributed by atoms with Crippen LogP contribution in [0.2, 0.25) is 5.02 Å². The van der Waals surface area contributed by atoms with E-state index in [1.54, 1.807) is 6.07 Å². The third-order valence-electron chi connectivity index (χ3n) is 5.74. The zero-order valence-corrected chi connectivity index (χ0v) is 17.1. The first kappa shape index (κ1) is 19.2. The molecule has 0 aliphatic carbocycles. The van der Waals surface area contributed by atoms with Crippen LogP contribution in [0.25, 0.3) is 22.3 Å². The summed E-state index contributed by atoms with van der Waals surface area (Å²) in [6.07, 6.45) is 0.314. The summed E-state index contributed by atoms with van der Waals surface area (Å²) in [5, 5.41) is 11.9. The van der Waals surface area contributed by atoms with Crippen LogP contribution in [0.4, 0.5) is 0 Å². The fraction of sp³-hybridized carbons (Fsp3) is 0.348. The number of halogens is 1. The molecule has 2 aromatic carbocycles. The number of aryl methyl sites for hydroxylation is 2. The minimum atomic E-state index is -0.502. The van der Waals surface area contributed by atoms with E-state index in [2.05, 4.69) is 4.90 Å². The number of β-amino-alcohol motifs (C(OH)–C–C–N with tert-alkyl or cyclic N) is 1. The normalized spacial score (nSPS) is 20.6. The number of hydrogen-bond acceptors (Lipinski definition) is 4. The fourth-order valence-corrected chi connectivity index (χ4v) is 4.62. The standard InChI is InChI=1S/C23H24ClNO3/c1-13-10-14(2)22-18(26)11-20(15-6-4-5-7-17(15)24)28-23(22)21(13)16-8-9-25(3)12-19(16)27/h4-7,10-11,16,19,27H,8-9,12H2,1-3H3. The topological polar surface area (TPSA) is 53.7 Å². The Bertz CT molecular complexity index is 1100. The van der Waals surface area contributed by atoms with Crippen LogP contribution in [0, 0.1) is 13.8 Å². The van der Waals surface area contributed by atoms with E-state index >= 15 is 0 Å². The molecule has 1 saturated heterocycles. The van der Waals surface area contributed by atoms with Gasteiger partial charge in [-0.3, -0.25) is 4.79 Å². The van der Waals surface area contributed by atoms with Gasteiger partial charge in [-0.1, -0.05) is 29.8 Å². The number of benzene rings is 2. The average molecular weight is 398 g/mol. The lowest BCUT2D eigenvalue weighted by molar-refractivity contribution is 0.0637. The van der Waals surface area contributed by atoms with E-state index in [9.17, 15) is 9.90 Å². The van der Waals surface area contributed by atoms with Crippen LogP contribution < -0.4 is 5.43 Å². The number of hydrogen-bond donors (Lipinski definition) is 1. The maximum absolute atomic E-state index is 13.0. The molecule has 0 amide bonds. The van der Waals surface area contributed by atoms with Gasteiger partial charge in [0.2, 0.25) is 0 Å². The van der Waals surface area contributed by atoms with Gasteiger partial charge in [0.15, 0.2) is 5.43 Å². The summed E-state index contributed by atoms with van der Waals surface area (Å²) in [5.74, 6) is 0.390. The number of fused-ring (bicyclic) bond motifs is 1. The van der Waals surface area contributed by atoms with E-state index in [-0.39, 0.29) is 11.3 Å². The van der Waals surface area contributed by atoms with Gasteiger partial charge in [0.1, 0.15) is 11.3 Å². The van der Waals surface area contributed by atoms with Crippen LogP contribution in [0.1, 0.15) is 29.0 Å². The van der Waals surface area contributed by atoms with Crippen LogP contribution in [0.3, 0.4) is 0 Å². The maximum atomic E-state index is 13.0. The molecule has 2 heterocycles. The second-order valence-corrected chi connectivity index (χ2v) is 8.21. The van der Waals surface area contributed by atoms with Crippen molar-refractivity contribution in [2.45, 2.75) is 32.3 Å². The van der Waals surface area contributed by atoms with Crippen molar-refractivity contribution in [1.82, 2.24) is 4.90 Å². The van der Waals surface area contributed by atoms with E-state index in [0.717, 1.165) is 29.7 Å².